The number of hydrogen-bond acceptors (Lipinski definition) is 3. The molecule has 0 aliphatic rings. The summed E-state index contributed by atoms with van der Waals surface area (Å²) in [5, 5.41) is 9.58. The van der Waals surface area contributed by atoms with Crippen LogP contribution in [0.3, 0.4) is 0 Å². The molecule has 1 atom stereocenters. The van der Waals surface area contributed by atoms with E-state index in [1.165, 1.54) is 25.7 Å². The number of allylic oxidation sites excluding steroid dienone is 4. The monoisotopic (exact) mass is 392 g/mol. The van der Waals surface area contributed by atoms with Gasteiger partial charge in [0.05, 0.1) is 0 Å². The third-order valence-electron chi connectivity index (χ3n) is 4.79. The molecule has 4 nitrogen and oxygen atoms in total. The van der Waals surface area contributed by atoms with E-state index in [1.807, 2.05) is 6.92 Å². The number of rotatable bonds is 18. The molecule has 1 N–H and O–H groups in total. The van der Waals surface area contributed by atoms with Crippen LogP contribution in [-0.4, -0.2) is 22.6 Å². The molecule has 0 aliphatic heterocycles. The fourth-order valence-electron chi connectivity index (χ4n) is 3.17. The van der Waals surface area contributed by atoms with Crippen LogP contribution in [0.25, 0.3) is 0 Å². The summed E-state index contributed by atoms with van der Waals surface area (Å²) < 4.78 is 5.23. The number of carbonyl (C=O) groups excluding carboxylic acids is 1. The SMILES string of the molecule is C=CC(=O)OC(CCC)(CCCCCC/C=C\C/C=C\CCCCC)C(=O)O. The lowest BCUT2D eigenvalue weighted by atomic mass is 9.90. The van der Waals surface area contributed by atoms with Crippen LogP contribution < -0.4 is 0 Å². The van der Waals surface area contributed by atoms with Crippen molar-refractivity contribution in [3.8, 4) is 0 Å². The van der Waals surface area contributed by atoms with Crippen LogP contribution in [0.4, 0.5) is 0 Å². The molecule has 0 heterocycles. The van der Waals surface area contributed by atoms with Crippen molar-refractivity contribution < 1.29 is 19.4 Å². The number of ether oxygens (including phenoxy) is 1. The van der Waals surface area contributed by atoms with Gasteiger partial charge in [-0.15, -0.1) is 0 Å². The van der Waals surface area contributed by atoms with Gasteiger partial charge in [0, 0.05) is 6.08 Å². The second kappa shape index (κ2) is 17.3. The van der Waals surface area contributed by atoms with Crippen LogP contribution in [0.15, 0.2) is 37.0 Å². The van der Waals surface area contributed by atoms with Crippen molar-refractivity contribution in [2.45, 2.75) is 103 Å². The van der Waals surface area contributed by atoms with Gasteiger partial charge in [-0.3, -0.25) is 0 Å². The quantitative estimate of drug-likeness (QED) is 0.121. The molecule has 0 amide bonds. The predicted octanol–water partition coefficient (Wildman–Crippen LogP) is 6.76. The number of hydrogen-bond donors (Lipinski definition) is 1. The number of unbranched alkanes of at least 4 members (excludes halogenated alkanes) is 7. The van der Waals surface area contributed by atoms with Crippen molar-refractivity contribution in [3.63, 3.8) is 0 Å². The topological polar surface area (TPSA) is 63.6 Å². The Balaban J connectivity index is 4.01. The summed E-state index contributed by atoms with van der Waals surface area (Å²) in [4.78, 5) is 23.2. The molecule has 0 fully saturated rings. The molecule has 0 aromatic carbocycles. The van der Waals surface area contributed by atoms with Crippen molar-refractivity contribution >= 4 is 11.9 Å². The zero-order chi connectivity index (χ0) is 21.1. The van der Waals surface area contributed by atoms with Crippen molar-refractivity contribution in [2.75, 3.05) is 0 Å². The average Bonchev–Trinajstić information content (AvgIpc) is 2.67. The Morgan fingerprint density at radius 1 is 0.857 bits per heavy atom. The highest BCUT2D eigenvalue weighted by molar-refractivity contribution is 5.86. The van der Waals surface area contributed by atoms with Gasteiger partial charge in [-0.25, -0.2) is 9.59 Å². The second-order valence-electron chi connectivity index (χ2n) is 7.30. The summed E-state index contributed by atoms with van der Waals surface area (Å²) >= 11 is 0. The largest absolute Gasteiger partial charge is 0.478 e. The van der Waals surface area contributed by atoms with E-state index in [0.717, 1.165) is 44.6 Å². The molecule has 1 unspecified atom stereocenters. The molecule has 0 aliphatic carbocycles. The summed E-state index contributed by atoms with van der Waals surface area (Å²) in [6.07, 6.45) is 22.2. The zero-order valence-electron chi connectivity index (χ0n) is 18.0. The Kier molecular flexibility index (Phi) is 16.1. The van der Waals surface area contributed by atoms with Crippen LogP contribution in [0.2, 0.25) is 0 Å². The Morgan fingerprint density at radius 3 is 2.00 bits per heavy atom. The van der Waals surface area contributed by atoms with Crippen LogP contribution in [0.1, 0.15) is 97.3 Å². The first-order chi connectivity index (χ1) is 13.5. The molecule has 0 spiro atoms. The normalized spacial score (nSPS) is 13.6. The van der Waals surface area contributed by atoms with Crippen LogP contribution in [0.5, 0.6) is 0 Å². The summed E-state index contributed by atoms with van der Waals surface area (Å²) in [7, 11) is 0. The minimum atomic E-state index is -1.41. The fraction of sp³-hybridized carbons (Fsp3) is 0.667. The first kappa shape index (κ1) is 26.2. The first-order valence-electron chi connectivity index (χ1n) is 10.9. The first-order valence-corrected chi connectivity index (χ1v) is 10.9. The van der Waals surface area contributed by atoms with Crippen LogP contribution in [-0.2, 0) is 14.3 Å². The van der Waals surface area contributed by atoms with Crippen molar-refractivity contribution in [3.05, 3.63) is 37.0 Å². The van der Waals surface area contributed by atoms with Gasteiger partial charge in [-0.2, -0.15) is 0 Å². The lowest BCUT2D eigenvalue weighted by Crippen LogP contribution is -2.43. The molecule has 0 radical (unpaired) electrons. The van der Waals surface area contributed by atoms with Gasteiger partial charge in [-0.05, 0) is 51.4 Å². The summed E-state index contributed by atoms with van der Waals surface area (Å²) in [6, 6.07) is 0. The maximum atomic E-state index is 11.7. The smallest absolute Gasteiger partial charge is 0.348 e. The van der Waals surface area contributed by atoms with Gasteiger partial charge in [0.15, 0.2) is 0 Å². The van der Waals surface area contributed by atoms with Crippen molar-refractivity contribution in [1.29, 1.82) is 0 Å². The van der Waals surface area contributed by atoms with E-state index in [9.17, 15) is 14.7 Å². The molecule has 0 rings (SSSR count). The van der Waals surface area contributed by atoms with Gasteiger partial charge in [-0.1, -0.05) is 76.8 Å². The molecule has 160 valence electrons. The van der Waals surface area contributed by atoms with Gasteiger partial charge < -0.3 is 9.84 Å². The molecular formula is C24H40O4. The van der Waals surface area contributed by atoms with Gasteiger partial charge in [0.1, 0.15) is 0 Å². The minimum Gasteiger partial charge on any atom is -0.478 e. The third-order valence-corrected chi connectivity index (χ3v) is 4.79. The van der Waals surface area contributed by atoms with Gasteiger partial charge >= 0.3 is 11.9 Å². The predicted molar refractivity (Wildman–Crippen MR) is 116 cm³/mol. The highest BCUT2D eigenvalue weighted by Crippen LogP contribution is 2.27. The Hall–Kier alpha value is -1.84. The third kappa shape index (κ3) is 12.5. The van der Waals surface area contributed by atoms with Gasteiger partial charge in [0.2, 0.25) is 5.60 Å². The van der Waals surface area contributed by atoms with Crippen molar-refractivity contribution in [1.82, 2.24) is 0 Å². The van der Waals surface area contributed by atoms with Crippen LogP contribution >= 0.6 is 0 Å². The van der Waals surface area contributed by atoms with E-state index in [0.29, 0.717) is 19.3 Å². The molecule has 0 aromatic heterocycles. The lowest BCUT2D eigenvalue weighted by molar-refractivity contribution is -0.177. The zero-order valence-corrected chi connectivity index (χ0v) is 18.0. The maximum Gasteiger partial charge on any atom is 0.348 e. The minimum absolute atomic E-state index is 0.330. The number of esters is 1. The van der Waals surface area contributed by atoms with E-state index >= 15 is 0 Å². The van der Waals surface area contributed by atoms with Gasteiger partial charge in [0.25, 0.3) is 0 Å². The molecule has 0 saturated heterocycles. The van der Waals surface area contributed by atoms with E-state index in [2.05, 4.69) is 37.8 Å². The number of carboxylic acids is 1. The van der Waals surface area contributed by atoms with Crippen LogP contribution in [0, 0.1) is 0 Å². The standard InChI is InChI=1S/C24H40O4/c1-4-7-8-9-10-11-12-13-14-15-16-17-18-19-21-24(20-5-2,23(26)27)28-22(25)6-3/h6,10-11,13-14H,3-5,7-9,12,15-21H2,1-2H3,(H,26,27)/b11-10-,14-13-. The average molecular weight is 393 g/mol. The Bertz CT molecular complexity index is 493. The second-order valence-corrected chi connectivity index (χ2v) is 7.30. The number of carbonyl (C=O) groups is 2. The summed E-state index contributed by atoms with van der Waals surface area (Å²) in [5.74, 6) is -1.73. The maximum absolute atomic E-state index is 11.7. The highest BCUT2D eigenvalue weighted by Gasteiger charge is 2.40. The van der Waals surface area contributed by atoms with E-state index in [1.54, 1.807) is 0 Å². The fourth-order valence-corrected chi connectivity index (χ4v) is 3.17. The molecular weight excluding hydrogens is 352 g/mol. The Morgan fingerprint density at radius 2 is 1.46 bits per heavy atom. The molecule has 0 saturated carbocycles. The number of aliphatic carboxylic acids is 1. The summed E-state index contributed by atoms with van der Waals surface area (Å²) in [6.45, 7) is 7.47. The van der Waals surface area contributed by atoms with E-state index in [-0.39, 0.29) is 0 Å². The molecule has 4 heteroatoms. The number of carboxylic acid groups (broad SMARTS) is 1. The highest BCUT2D eigenvalue weighted by atomic mass is 16.6. The molecule has 0 aromatic rings. The summed E-state index contributed by atoms with van der Waals surface area (Å²) in [5.41, 5.74) is -1.41. The Labute approximate surface area is 171 Å². The lowest BCUT2D eigenvalue weighted by Gasteiger charge is -2.28. The van der Waals surface area contributed by atoms with E-state index < -0.39 is 17.5 Å². The van der Waals surface area contributed by atoms with E-state index in [4.69, 9.17) is 4.74 Å². The van der Waals surface area contributed by atoms with Crippen molar-refractivity contribution in [2.24, 2.45) is 0 Å². The molecule has 28 heavy (non-hydrogen) atoms. The molecule has 0 bridgehead atoms.